The molecule has 0 aliphatic carbocycles. The summed E-state index contributed by atoms with van der Waals surface area (Å²) in [5.74, 6) is -0.755. The zero-order chi connectivity index (χ0) is 10.8. The number of esters is 2. The van der Waals surface area contributed by atoms with E-state index in [9.17, 15) is 9.59 Å². The van der Waals surface area contributed by atoms with E-state index in [1.807, 2.05) is 6.92 Å². The van der Waals surface area contributed by atoms with Crippen molar-refractivity contribution in [2.75, 3.05) is 6.61 Å². The Balaban J connectivity index is 0.00000196. The predicted octanol–water partition coefficient (Wildman–Crippen LogP) is 1.92. The van der Waals surface area contributed by atoms with Crippen molar-refractivity contribution in [2.45, 2.75) is 47.1 Å². The molecule has 88 valence electrons. The van der Waals surface area contributed by atoms with Crippen molar-refractivity contribution in [1.82, 2.24) is 0 Å². The Kier molecular flexibility index (Phi) is 4.78. The maximum Gasteiger partial charge on any atom is 0.347 e. The van der Waals surface area contributed by atoms with Gasteiger partial charge in [0.25, 0.3) is 0 Å². The number of hydrogen-bond acceptors (Lipinski definition) is 4. The lowest BCUT2D eigenvalue weighted by Gasteiger charge is -2.21. The smallest absolute Gasteiger partial charge is 0.347 e. The lowest BCUT2D eigenvalue weighted by molar-refractivity contribution is -0.167. The van der Waals surface area contributed by atoms with E-state index in [-0.39, 0.29) is 13.4 Å². The van der Waals surface area contributed by atoms with Gasteiger partial charge in [-0.1, -0.05) is 14.4 Å². The van der Waals surface area contributed by atoms with Crippen LogP contribution in [-0.4, -0.2) is 24.6 Å². The van der Waals surface area contributed by atoms with E-state index < -0.39 is 17.5 Å². The first-order chi connectivity index (χ1) is 6.47. The molecule has 0 radical (unpaired) electrons. The van der Waals surface area contributed by atoms with Gasteiger partial charge in [0, 0.05) is 6.42 Å². The molecule has 4 nitrogen and oxygen atoms in total. The maximum absolute atomic E-state index is 11.6. The zero-order valence-electron chi connectivity index (χ0n) is 8.83. The van der Waals surface area contributed by atoms with E-state index >= 15 is 0 Å². The first kappa shape index (κ1) is 13.9. The highest BCUT2D eigenvalue weighted by Crippen LogP contribution is 2.24. The third-order valence-corrected chi connectivity index (χ3v) is 2.57. The molecule has 1 heterocycles. The zero-order valence-corrected chi connectivity index (χ0v) is 8.83. The summed E-state index contributed by atoms with van der Waals surface area (Å²) in [6.07, 6.45) is 0.478. The molecule has 0 N–H and O–H groups in total. The fourth-order valence-electron chi connectivity index (χ4n) is 1.02. The fraction of sp³-hybridized carbons (Fsp3) is 0.818. The summed E-state index contributed by atoms with van der Waals surface area (Å²) in [5.41, 5.74) is -0.525. The Bertz CT molecular complexity index is 245. The highest BCUT2D eigenvalue weighted by atomic mass is 16.6. The van der Waals surface area contributed by atoms with Crippen molar-refractivity contribution in [2.24, 2.45) is 5.41 Å². The van der Waals surface area contributed by atoms with Gasteiger partial charge in [0.05, 0.1) is 12.0 Å². The van der Waals surface area contributed by atoms with Crippen LogP contribution in [0.3, 0.4) is 0 Å². The van der Waals surface area contributed by atoms with Crippen LogP contribution in [0.25, 0.3) is 0 Å². The molecule has 0 bridgehead atoms. The van der Waals surface area contributed by atoms with Gasteiger partial charge in [0.15, 0.2) is 0 Å². The second kappa shape index (κ2) is 5.14. The summed E-state index contributed by atoms with van der Waals surface area (Å²) in [6, 6.07) is 0. The Morgan fingerprint density at radius 1 is 1.60 bits per heavy atom. The van der Waals surface area contributed by atoms with Gasteiger partial charge in [-0.3, -0.25) is 4.79 Å². The normalized spacial score (nSPS) is 20.5. The average Bonchev–Trinajstić information content (AvgIpc) is 2.52. The van der Waals surface area contributed by atoms with E-state index in [0.717, 1.165) is 0 Å². The Morgan fingerprint density at radius 3 is 2.60 bits per heavy atom. The Morgan fingerprint density at radius 2 is 2.20 bits per heavy atom. The number of carbonyl (C=O) groups is 2. The van der Waals surface area contributed by atoms with Gasteiger partial charge in [-0.05, 0) is 20.3 Å². The summed E-state index contributed by atoms with van der Waals surface area (Å²) < 4.78 is 9.76. The van der Waals surface area contributed by atoms with Crippen LogP contribution >= 0.6 is 0 Å². The molecule has 0 saturated carbocycles. The van der Waals surface area contributed by atoms with Crippen molar-refractivity contribution in [3.63, 3.8) is 0 Å². The monoisotopic (exact) mass is 216 g/mol. The van der Waals surface area contributed by atoms with E-state index in [1.165, 1.54) is 0 Å². The number of ether oxygens (including phenoxy) is 2. The molecule has 0 aromatic carbocycles. The SMILES string of the molecule is C.CCC(C)(C)C(=O)OC1CCOC1=O. The molecule has 4 heteroatoms. The van der Waals surface area contributed by atoms with Gasteiger partial charge in [-0.15, -0.1) is 0 Å². The van der Waals surface area contributed by atoms with Gasteiger partial charge < -0.3 is 9.47 Å². The summed E-state index contributed by atoms with van der Waals surface area (Å²) in [4.78, 5) is 22.6. The molecule has 1 saturated heterocycles. The van der Waals surface area contributed by atoms with Crippen LogP contribution in [0.4, 0.5) is 0 Å². The third kappa shape index (κ3) is 3.22. The van der Waals surface area contributed by atoms with Gasteiger partial charge in [0.1, 0.15) is 0 Å². The summed E-state index contributed by atoms with van der Waals surface area (Å²) in [7, 11) is 0. The summed E-state index contributed by atoms with van der Waals surface area (Å²) >= 11 is 0. The molecule has 0 aromatic rings. The van der Waals surface area contributed by atoms with E-state index in [1.54, 1.807) is 13.8 Å². The second-order valence-electron chi connectivity index (χ2n) is 4.09. The van der Waals surface area contributed by atoms with Crippen LogP contribution in [-0.2, 0) is 19.1 Å². The standard InChI is InChI=1S/C10H16O4.CH4/c1-4-10(2,3)9(12)14-7-5-6-13-8(7)11;/h7H,4-6H2,1-3H3;1H4. The first-order valence-corrected chi connectivity index (χ1v) is 4.85. The van der Waals surface area contributed by atoms with Gasteiger partial charge in [-0.25, -0.2) is 4.79 Å². The topological polar surface area (TPSA) is 52.6 Å². The predicted molar refractivity (Wildman–Crippen MR) is 56.3 cm³/mol. The van der Waals surface area contributed by atoms with E-state index in [4.69, 9.17) is 9.47 Å². The minimum atomic E-state index is -0.687. The number of cyclic esters (lactones) is 1. The fourth-order valence-corrected chi connectivity index (χ4v) is 1.02. The molecule has 1 aliphatic rings. The lowest BCUT2D eigenvalue weighted by atomic mass is 9.90. The van der Waals surface area contributed by atoms with Crippen molar-refractivity contribution < 1.29 is 19.1 Å². The number of carbonyl (C=O) groups excluding carboxylic acids is 2. The number of hydrogen-bond donors (Lipinski definition) is 0. The first-order valence-electron chi connectivity index (χ1n) is 4.85. The molecular weight excluding hydrogens is 196 g/mol. The van der Waals surface area contributed by atoms with E-state index in [0.29, 0.717) is 19.4 Å². The molecule has 1 rings (SSSR count). The van der Waals surface area contributed by atoms with Crippen LogP contribution in [0.2, 0.25) is 0 Å². The van der Waals surface area contributed by atoms with Crippen LogP contribution in [0.1, 0.15) is 41.0 Å². The quantitative estimate of drug-likeness (QED) is 0.676. The molecule has 1 fully saturated rings. The van der Waals surface area contributed by atoms with Crippen LogP contribution in [0.5, 0.6) is 0 Å². The second-order valence-corrected chi connectivity index (χ2v) is 4.09. The van der Waals surface area contributed by atoms with Crippen molar-refractivity contribution >= 4 is 11.9 Å². The van der Waals surface area contributed by atoms with Crippen molar-refractivity contribution in [3.8, 4) is 0 Å². The molecular formula is C11H20O4. The van der Waals surface area contributed by atoms with Crippen molar-refractivity contribution in [3.05, 3.63) is 0 Å². The summed E-state index contributed by atoms with van der Waals surface area (Å²) in [6.45, 7) is 5.86. The molecule has 1 unspecified atom stereocenters. The van der Waals surface area contributed by atoms with E-state index in [2.05, 4.69) is 0 Å². The van der Waals surface area contributed by atoms with Crippen molar-refractivity contribution in [1.29, 1.82) is 0 Å². The minimum Gasteiger partial charge on any atom is -0.463 e. The maximum atomic E-state index is 11.6. The van der Waals surface area contributed by atoms with Crippen LogP contribution < -0.4 is 0 Å². The molecule has 0 aromatic heterocycles. The highest BCUT2D eigenvalue weighted by molar-refractivity contribution is 5.82. The largest absolute Gasteiger partial charge is 0.463 e. The molecule has 0 spiro atoms. The Labute approximate surface area is 90.9 Å². The average molecular weight is 216 g/mol. The van der Waals surface area contributed by atoms with Crippen LogP contribution in [0, 0.1) is 5.41 Å². The third-order valence-electron chi connectivity index (χ3n) is 2.57. The summed E-state index contributed by atoms with van der Waals surface area (Å²) in [5, 5.41) is 0. The highest BCUT2D eigenvalue weighted by Gasteiger charge is 2.35. The molecule has 0 amide bonds. The molecule has 1 atom stereocenters. The lowest BCUT2D eigenvalue weighted by Crippen LogP contribution is -2.32. The van der Waals surface area contributed by atoms with Gasteiger partial charge >= 0.3 is 11.9 Å². The molecule has 1 aliphatic heterocycles. The minimum absolute atomic E-state index is 0. The van der Waals surface area contributed by atoms with Crippen LogP contribution in [0.15, 0.2) is 0 Å². The van der Waals surface area contributed by atoms with Gasteiger partial charge in [0.2, 0.25) is 6.10 Å². The van der Waals surface area contributed by atoms with Gasteiger partial charge in [-0.2, -0.15) is 0 Å². The Hall–Kier alpha value is -1.06. The number of rotatable bonds is 3. The molecule has 15 heavy (non-hydrogen) atoms.